The summed E-state index contributed by atoms with van der Waals surface area (Å²) in [5, 5.41) is 20.2. The van der Waals surface area contributed by atoms with Gasteiger partial charge in [-0.2, -0.15) is 0 Å². The highest BCUT2D eigenvalue weighted by atomic mass is 16.6. The van der Waals surface area contributed by atoms with Gasteiger partial charge in [-0.25, -0.2) is 9.59 Å². The maximum absolute atomic E-state index is 11.9. The smallest absolute Gasteiger partial charge is 0.345 e. The maximum Gasteiger partial charge on any atom is 0.345 e. The topological polar surface area (TPSA) is 110 Å². The monoisotopic (exact) mass is 308 g/mol. The number of rotatable bonds is 5. The number of aliphatic carboxylic acids is 1. The summed E-state index contributed by atoms with van der Waals surface area (Å²) < 4.78 is 4.83. The van der Waals surface area contributed by atoms with Crippen LogP contribution in [-0.4, -0.2) is 41.2 Å². The van der Waals surface area contributed by atoms with Crippen LogP contribution in [-0.2, 0) is 9.53 Å². The zero-order valence-corrected chi connectivity index (χ0v) is 12.0. The Morgan fingerprint density at radius 1 is 1.50 bits per heavy atom. The molecule has 1 aromatic rings. The third-order valence-corrected chi connectivity index (χ3v) is 3.54. The molecular weight excluding hydrogens is 292 g/mol. The first-order chi connectivity index (χ1) is 10.5. The summed E-state index contributed by atoms with van der Waals surface area (Å²) in [5.74, 6) is -1.74. The summed E-state index contributed by atoms with van der Waals surface area (Å²) in [6, 6.07) is 3.31. The highest BCUT2D eigenvalue weighted by Crippen LogP contribution is 2.30. The number of hydrogen-bond donors (Lipinski definition) is 1. The van der Waals surface area contributed by atoms with E-state index in [0.717, 1.165) is 0 Å². The molecule has 8 nitrogen and oxygen atoms in total. The van der Waals surface area contributed by atoms with E-state index in [0.29, 0.717) is 25.1 Å². The summed E-state index contributed by atoms with van der Waals surface area (Å²) in [4.78, 5) is 35.1. The first-order valence-electron chi connectivity index (χ1n) is 6.90. The van der Waals surface area contributed by atoms with E-state index in [2.05, 4.69) is 0 Å². The van der Waals surface area contributed by atoms with Gasteiger partial charge in [0.05, 0.1) is 11.5 Å². The standard InChI is InChI=1S/C14H16N2O6/c1-2-22-14(19)10-8-9(5-6-11(10)16(20)21)15-7-3-4-12(15)13(17)18/h5-6,8,12H,2-4,7H2,1H3,(H,17,18)/t12-/m0/s1. The third kappa shape index (κ3) is 3.00. The molecule has 8 heteroatoms. The molecule has 1 aromatic carbocycles. The van der Waals surface area contributed by atoms with Crippen LogP contribution < -0.4 is 4.90 Å². The highest BCUT2D eigenvalue weighted by Gasteiger charge is 2.32. The van der Waals surface area contributed by atoms with Gasteiger partial charge in [-0.15, -0.1) is 0 Å². The van der Waals surface area contributed by atoms with Crippen molar-refractivity contribution in [3.63, 3.8) is 0 Å². The first kappa shape index (κ1) is 15.7. The number of nitro benzene ring substituents is 1. The minimum Gasteiger partial charge on any atom is -0.480 e. The fraction of sp³-hybridized carbons (Fsp3) is 0.429. The summed E-state index contributed by atoms with van der Waals surface area (Å²) in [5.41, 5.74) is -0.0489. The summed E-state index contributed by atoms with van der Waals surface area (Å²) in [6.45, 7) is 2.23. The Hall–Kier alpha value is -2.64. The Kier molecular flexibility index (Phi) is 4.59. The van der Waals surface area contributed by atoms with E-state index < -0.39 is 22.9 Å². The van der Waals surface area contributed by atoms with E-state index in [-0.39, 0.29) is 17.9 Å². The Morgan fingerprint density at radius 3 is 2.82 bits per heavy atom. The van der Waals surface area contributed by atoms with Gasteiger partial charge in [-0.05, 0) is 31.9 Å². The molecule has 1 aliphatic rings. The second kappa shape index (κ2) is 6.42. The Labute approximate surface area is 126 Å². The van der Waals surface area contributed by atoms with Crippen molar-refractivity contribution in [3.05, 3.63) is 33.9 Å². The van der Waals surface area contributed by atoms with Crippen molar-refractivity contribution in [1.29, 1.82) is 0 Å². The number of carboxylic acid groups (broad SMARTS) is 1. The summed E-state index contributed by atoms with van der Waals surface area (Å²) >= 11 is 0. The lowest BCUT2D eigenvalue weighted by molar-refractivity contribution is -0.385. The second-order valence-corrected chi connectivity index (χ2v) is 4.87. The van der Waals surface area contributed by atoms with Crippen LogP contribution in [0.2, 0.25) is 0 Å². The quantitative estimate of drug-likeness (QED) is 0.502. The van der Waals surface area contributed by atoms with Gasteiger partial charge in [0.15, 0.2) is 0 Å². The van der Waals surface area contributed by atoms with E-state index in [4.69, 9.17) is 4.74 Å². The normalized spacial score (nSPS) is 17.3. The maximum atomic E-state index is 11.9. The highest BCUT2D eigenvalue weighted by molar-refractivity contribution is 5.95. The van der Waals surface area contributed by atoms with Gasteiger partial charge < -0.3 is 14.7 Å². The molecule has 0 unspecified atom stereocenters. The molecule has 0 amide bonds. The van der Waals surface area contributed by atoms with Gasteiger partial charge in [-0.1, -0.05) is 0 Å². The SMILES string of the molecule is CCOC(=O)c1cc(N2CCC[C@H]2C(=O)O)ccc1[N+](=O)[O-]. The summed E-state index contributed by atoms with van der Waals surface area (Å²) in [7, 11) is 0. The molecule has 0 saturated carbocycles. The largest absolute Gasteiger partial charge is 0.480 e. The van der Waals surface area contributed by atoms with Crippen LogP contribution in [0, 0.1) is 10.1 Å². The predicted octanol–water partition coefficient (Wildman–Crippen LogP) is 1.82. The average Bonchev–Trinajstić information content (AvgIpc) is 2.96. The lowest BCUT2D eigenvalue weighted by Crippen LogP contribution is -2.36. The van der Waals surface area contributed by atoms with Gasteiger partial charge in [0.25, 0.3) is 5.69 Å². The zero-order chi connectivity index (χ0) is 16.3. The molecular formula is C14H16N2O6. The van der Waals surface area contributed by atoms with Crippen LogP contribution in [0.25, 0.3) is 0 Å². The molecule has 1 heterocycles. The van der Waals surface area contributed by atoms with Crippen LogP contribution in [0.15, 0.2) is 18.2 Å². The van der Waals surface area contributed by atoms with Crippen molar-refractivity contribution in [2.75, 3.05) is 18.1 Å². The number of carbonyl (C=O) groups excluding carboxylic acids is 1. The Morgan fingerprint density at radius 2 is 2.23 bits per heavy atom. The molecule has 1 fully saturated rings. The number of esters is 1. The molecule has 118 valence electrons. The van der Waals surface area contributed by atoms with Crippen LogP contribution >= 0.6 is 0 Å². The van der Waals surface area contributed by atoms with Crippen molar-refractivity contribution in [1.82, 2.24) is 0 Å². The van der Waals surface area contributed by atoms with E-state index >= 15 is 0 Å². The number of carboxylic acids is 1. The van der Waals surface area contributed by atoms with E-state index in [9.17, 15) is 24.8 Å². The zero-order valence-electron chi connectivity index (χ0n) is 12.0. The van der Waals surface area contributed by atoms with E-state index in [1.54, 1.807) is 11.8 Å². The fourth-order valence-corrected chi connectivity index (χ4v) is 2.57. The van der Waals surface area contributed by atoms with Gasteiger partial charge in [-0.3, -0.25) is 10.1 Å². The molecule has 1 saturated heterocycles. The number of nitro groups is 1. The molecule has 1 atom stereocenters. The summed E-state index contributed by atoms with van der Waals surface area (Å²) in [6.07, 6.45) is 1.21. The molecule has 2 rings (SSSR count). The third-order valence-electron chi connectivity index (χ3n) is 3.54. The molecule has 22 heavy (non-hydrogen) atoms. The number of ether oxygens (including phenoxy) is 1. The molecule has 0 spiro atoms. The van der Waals surface area contributed by atoms with Gasteiger partial charge in [0.2, 0.25) is 0 Å². The molecule has 1 N–H and O–H groups in total. The van der Waals surface area contributed by atoms with Crippen LogP contribution in [0.4, 0.5) is 11.4 Å². The van der Waals surface area contributed by atoms with Crippen molar-refractivity contribution in [2.24, 2.45) is 0 Å². The number of anilines is 1. The molecule has 0 radical (unpaired) electrons. The minimum absolute atomic E-state index is 0.0989. The van der Waals surface area contributed by atoms with Gasteiger partial charge >= 0.3 is 11.9 Å². The molecule has 0 aliphatic carbocycles. The first-order valence-corrected chi connectivity index (χ1v) is 6.90. The number of carbonyl (C=O) groups is 2. The van der Waals surface area contributed by atoms with Crippen molar-refractivity contribution in [2.45, 2.75) is 25.8 Å². The lowest BCUT2D eigenvalue weighted by Gasteiger charge is -2.23. The lowest BCUT2D eigenvalue weighted by atomic mass is 10.1. The van der Waals surface area contributed by atoms with Crippen molar-refractivity contribution >= 4 is 23.3 Å². The predicted molar refractivity (Wildman–Crippen MR) is 77.1 cm³/mol. The van der Waals surface area contributed by atoms with E-state index in [1.807, 2.05) is 0 Å². The average molecular weight is 308 g/mol. The Bertz CT molecular complexity index is 615. The number of benzene rings is 1. The molecule has 0 bridgehead atoms. The second-order valence-electron chi connectivity index (χ2n) is 4.87. The number of nitrogens with zero attached hydrogens (tertiary/aromatic N) is 2. The van der Waals surface area contributed by atoms with Crippen LogP contribution in [0.5, 0.6) is 0 Å². The van der Waals surface area contributed by atoms with Crippen LogP contribution in [0.1, 0.15) is 30.1 Å². The fourth-order valence-electron chi connectivity index (χ4n) is 2.57. The molecule has 0 aromatic heterocycles. The Balaban J connectivity index is 2.42. The number of hydrogen-bond acceptors (Lipinski definition) is 6. The van der Waals surface area contributed by atoms with Gasteiger partial charge in [0.1, 0.15) is 11.6 Å². The van der Waals surface area contributed by atoms with Crippen molar-refractivity contribution < 1.29 is 24.4 Å². The minimum atomic E-state index is -0.950. The van der Waals surface area contributed by atoms with Gasteiger partial charge in [0, 0.05) is 18.3 Å². The molecule has 1 aliphatic heterocycles. The van der Waals surface area contributed by atoms with Crippen molar-refractivity contribution in [3.8, 4) is 0 Å². The van der Waals surface area contributed by atoms with Crippen LogP contribution in [0.3, 0.4) is 0 Å². The van der Waals surface area contributed by atoms with E-state index in [1.165, 1.54) is 18.2 Å².